The highest BCUT2D eigenvalue weighted by Crippen LogP contribution is 2.24. The number of nitrogens with two attached hydrogens (primary N) is 1. The molecule has 0 spiro atoms. The summed E-state index contributed by atoms with van der Waals surface area (Å²) < 4.78 is 0. The first kappa shape index (κ1) is 12.7. The molecule has 3 N–H and O–H groups in total. The fraction of sp³-hybridized carbons (Fsp3) is 0.231. The molecule has 1 heterocycles. The van der Waals surface area contributed by atoms with Crippen molar-refractivity contribution < 1.29 is 4.79 Å². The zero-order valence-electron chi connectivity index (χ0n) is 10.3. The summed E-state index contributed by atoms with van der Waals surface area (Å²) >= 11 is 1.61. The van der Waals surface area contributed by atoms with Gasteiger partial charge in [0, 0.05) is 16.6 Å². The van der Waals surface area contributed by atoms with Crippen LogP contribution in [-0.4, -0.2) is 16.9 Å². The van der Waals surface area contributed by atoms with Crippen molar-refractivity contribution in [2.45, 2.75) is 19.9 Å². The molecule has 0 aliphatic heterocycles. The molecule has 4 nitrogen and oxygen atoms in total. The molecule has 94 valence electrons. The standard InChI is InChI=1S/C13H15N3OS/c1-8(14)13(17)16-11-5-3-4-10(6-11)12-7-18-9(2)15-12/h3-8H,14H2,1-2H3,(H,16,17). The summed E-state index contributed by atoms with van der Waals surface area (Å²) in [5.74, 6) is -0.193. The second-order valence-corrected chi connectivity index (χ2v) is 5.17. The Hall–Kier alpha value is -1.72. The summed E-state index contributed by atoms with van der Waals surface area (Å²) in [6, 6.07) is 7.07. The summed E-state index contributed by atoms with van der Waals surface area (Å²) in [6.07, 6.45) is 0. The second-order valence-electron chi connectivity index (χ2n) is 4.11. The Balaban J connectivity index is 2.23. The van der Waals surface area contributed by atoms with Crippen molar-refractivity contribution in [3.63, 3.8) is 0 Å². The first-order valence-electron chi connectivity index (χ1n) is 5.65. The van der Waals surface area contributed by atoms with Crippen molar-refractivity contribution in [2.24, 2.45) is 5.73 Å². The number of benzene rings is 1. The lowest BCUT2D eigenvalue weighted by Crippen LogP contribution is -2.32. The van der Waals surface area contributed by atoms with E-state index in [2.05, 4.69) is 10.3 Å². The maximum Gasteiger partial charge on any atom is 0.240 e. The molecule has 18 heavy (non-hydrogen) atoms. The number of aryl methyl sites for hydroxylation is 1. The lowest BCUT2D eigenvalue weighted by molar-refractivity contribution is -0.117. The zero-order valence-corrected chi connectivity index (χ0v) is 11.1. The maximum atomic E-state index is 11.5. The van der Waals surface area contributed by atoms with E-state index in [0.29, 0.717) is 0 Å². The molecule has 0 aliphatic rings. The number of carbonyl (C=O) groups excluding carboxylic acids is 1. The molecule has 1 atom stereocenters. The Morgan fingerprint density at radius 1 is 1.50 bits per heavy atom. The molecule has 2 aromatic rings. The number of aromatic nitrogens is 1. The molecule has 1 amide bonds. The first-order valence-corrected chi connectivity index (χ1v) is 6.53. The number of nitrogens with zero attached hydrogens (tertiary/aromatic N) is 1. The van der Waals surface area contributed by atoms with Crippen LogP contribution in [-0.2, 0) is 4.79 Å². The number of hydrogen-bond donors (Lipinski definition) is 2. The lowest BCUT2D eigenvalue weighted by Gasteiger charge is -2.08. The highest BCUT2D eigenvalue weighted by molar-refractivity contribution is 7.09. The zero-order chi connectivity index (χ0) is 13.1. The second kappa shape index (κ2) is 5.29. The monoisotopic (exact) mass is 261 g/mol. The summed E-state index contributed by atoms with van der Waals surface area (Å²) in [7, 11) is 0. The van der Waals surface area contributed by atoms with E-state index in [9.17, 15) is 4.79 Å². The van der Waals surface area contributed by atoms with Crippen LogP contribution in [0.4, 0.5) is 5.69 Å². The van der Waals surface area contributed by atoms with E-state index < -0.39 is 6.04 Å². The largest absolute Gasteiger partial charge is 0.325 e. The third-order valence-corrected chi connectivity index (χ3v) is 3.23. The lowest BCUT2D eigenvalue weighted by atomic mass is 10.1. The van der Waals surface area contributed by atoms with E-state index in [4.69, 9.17) is 5.73 Å². The van der Waals surface area contributed by atoms with Gasteiger partial charge in [-0.25, -0.2) is 4.98 Å². The third-order valence-electron chi connectivity index (χ3n) is 2.46. The topological polar surface area (TPSA) is 68.0 Å². The van der Waals surface area contributed by atoms with Crippen LogP contribution in [0.3, 0.4) is 0 Å². The highest BCUT2D eigenvalue weighted by Gasteiger charge is 2.08. The van der Waals surface area contributed by atoms with Gasteiger partial charge in [0.15, 0.2) is 0 Å². The SMILES string of the molecule is Cc1nc(-c2cccc(NC(=O)C(C)N)c2)cs1. The van der Waals surface area contributed by atoms with Crippen LogP contribution in [0, 0.1) is 6.92 Å². The molecule has 5 heteroatoms. The molecule has 0 bridgehead atoms. The highest BCUT2D eigenvalue weighted by atomic mass is 32.1. The number of amides is 1. The van der Waals surface area contributed by atoms with E-state index >= 15 is 0 Å². The van der Waals surface area contributed by atoms with Crippen molar-refractivity contribution in [3.8, 4) is 11.3 Å². The van der Waals surface area contributed by atoms with Gasteiger partial charge in [0.25, 0.3) is 0 Å². The molecular formula is C13H15N3OS. The summed E-state index contributed by atoms with van der Waals surface area (Å²) in [4.78, 5) is 15.9. The van der Waals surface area contributed by atoms with Crippen molar-refractivity contribution >= 4 is 22.9 Å². The van der Waals surface area contributed by atoms with E-state index in [1.165, 1.54) is 0 Å². The van der Waals surface area contributed by atoms with Crippen LogP contribution in [0.15, 0.2) is 29.6 Å². The number of anilines is 1. The van der Waals surface area contributed by atoms with E-state index in [1.54, 1.807) is 18.3 Å². The molecule has 1 unspecified atom stereocenters. The predicted octanol–water partition coefficient (Wildman–Crippen LogP) is 2.40. The average molecular weight is 261 g/mol. The van der Waals surface area contributed by atoms with Crippen LogP contribution in [0.5, 0.6) is 0 Å². The van der Waals surface area contributed by atoms with Gasteiger partial charge in [-0.15, -0.1) is 11.3 Å². The van der Waals surface area contributed by atoms with Gasteiger partial charge in [0.05, 0.1) is 16.7 Å². The molecule has 0 aliphatic carbocycles. The van der Waals surface area contributed by atoms with Gasteiger partial charge in [-0.1, -0.05) is 12.1 Å². The van der Waals surface area contributed by atoms with E-state index in [0.717, 1.165) is 22.0 Å². The Morgan fingerprint density at radius 3 is 2.89 bits per heavy atom. The van der Waals surface area contributed by atoms with E-state index in [-0.39, 0.29) is 5.91 Å². The van der Waals surface area contributed by atoms with Gasteiger partial charge in [-0.2, -0.15) is 0 Å². The summed E-state index contributed by atoms with van der Waals surface area (Å²) in [5.41, 5.74) is 8.16. The molecule has 1 aromatic heterocycles. The number of thiazole rings is 1. The quantitative estimate of drug-likeness (QED) is 0.891. The smallest absolute Gasteiger partial charge is 0.240 e. The number of carbonyl (C=O) groups is 1. The van der Waals surface area contributed by atoms with Crippen molar-refractivity contribution in [1.82, 2.24) is 4.98 Å². The fourth-order valence-corrected chi connectivity index (χ4v) is 2.13. The minimum atomic E-state index is -0.518. The van der Waals surface area contributed by atoms with Gasteiger partial charge in [-0.05, 0) is 26.0 Å². The molecular weight excluding hydrogens is 246 g/mol. The Kier molecular flexibility index (Phi) is 3.74. The summed E-state index contributed by atoms with van der Waals surface area (Å²) in [6.45, 7) is 3.62. The summed E-state index contributed by atoms with van der Waals surface area (Å²) in [5, 5.41) is 5.79. The molecule has 0 saturated carbocycles. The Morgan fingerprint density at radius 2 is 2.28 bits per heavy atom. The first-order chi connectivity index (χ1) is 8.56. The molecule has 0 fully saturated rings. The van der Waals surface area contributed by atoms with Crippen LogP contribution >= 0.6 is 11.3 Å². The van der Waals surface area contributed by atoms with Crippen molar-refractivity contribution in [3.05, 3.63) is 34.7 Å². The Bertz CT molecular complexity index is 563. The maximum absolute atomic E-state index is 11.5. The third kappa shape index (κ3) is 2.94. The molecule has 0 saturated heterocycles. The molecule has 2 rings (SSSR count). The molecule has 0 radical (unpaired) electrons. The van der Waals surface area contributed by atoms with Gasteiger partial charge in [0.1, 0.15) is 0 Å². The van der Waals surface area contributed by atoms with Gasteiger partial charge in [0.2, 0.25) is 5.91 Å². The number of nitrogens with one attached hydrogen (secondary N) is 1. The van der Waals surface area contributed by atoms with Crippen LogP contribution in [0.25, 0.3) is 11.3 Å². The van der Waals surface area contributed by atoms with Crippen molar-refractivity contribution in [1.29, 1.82) is 0 Å². The van der Waals surface area contributed by atoms with Crippen LogP contribution < -0.4 is 11.1 Å². The van der Waals surface area contributed by atoms with Crippen LogP contribution in [0.1, 0.15) is 11.9 Å². The van der Waals surface area contributed by atoms with Crippen molar-refractivity contribution in [2.75, 3.05) is 5.32 Å². The normalized spacial score (nSPS) is 12.2. The number of rotatable bonds is 3. The minimum absolute atomic E-state index is 0.193. The predicted molar refractivity (Wildman–Crippen MR) is 74.6 cm³/mol. The average Bonchev–Trinajstić information content (AvgIpc) is 2.76. The molecule has 1 aromatic carbocycles. The van der Waals surface area contributed by atoms with Gasteiger partial charge < -0.3 is 11.1 Å². The minimum Gasteiger partial charge on any atom is -0.325 e. The fourth-order valence-electron chi connectivity index (χ4n) is 1.51. The van der Waals surface area contributed by atoms with Gasteiger partial charge in [-0.3, -0.25) is 4.79 Å². The Labute approximate surface area is 110 Å². The van der Waals surface area contributed by atoms with E-state index in [1.807, 2.05) is 36.6 Å². The van der Waals surface area contributed by atoms with Gasteiger partial charge >= 0.3 is 0 Å². The van der Waals surface area contributed by atoms with Crippen LogP contribution in [0.2, 0.25) is 0 Å². The number of hydrogen-bond acceptors (Lipinski definition) is 4.